The molecule has 0 aliphatic carbocycles. The highest BCUT2D eigenvalue weighted by molar-refractivity contribution is 5.78. The quantitative estimate of drug-likeness (QED) is 0.793. The fourth-order valence-electron chi connectivity index (χ4n) is 2.33. The third-order valence-corrected chi connectivity index (χ3v) is 3.37. The van der Waals surface area contributed by atoms with Crippen LogP contribution < -0.4 is 10.6 Å². The maximum atomic E-state index is 11.8. The van der Waals surface area contributed by atoms with Gasteiger partial charge in [0.2, 0.25) is 5.91 Å². The summed E-state index contributed by atoms with van der Waals surface area (Å²) >= 11 is 0. The number of benzene rings is 1. The van der Waals surface area contributed by atoms with Crippen molar-refractivity contribution in [3.05, 3.63) is 47.0 Å². The highest BCUT2D eigenvalue weighted by Crippen LogP contribution is 2.08. The molecule has 1 heterocycles. The fourth-order valence-corrected chi connectivity index (χ4v) is 2.33. The Balaban J connectivity index is 1.71. The Morgan fingerprint density at radius 1 is 1.42 bits per heavy atom. The van der Waals surface area contributed by atoms with Gasteiger partial charge >= 0.3 is 0 Å². The molecule has 0 bridgehead atoms. The molecule has 1 aromatic carbocycles. The minimum atomic E-state index is 0.111. The molecule has 1 aliphatic heterocycles. The van der Waals surface area contributed by atoms with Crippen molar-refractivity contribution in [2.24, 2.45) is 0 Å². The van der Waals surface area contributed by atoms with Crippen LogP contribution in [-0.4, -0.2) is 25.5 Å². The molecule has 1 aromatic rings. The first-order chi connectivity index (χ1) is 9.24. The fraction of sp³-hybridized carbons (Fsp3) is 0.438. The highest BCUT2D eigenvalue weighted by atomic mass is 16.1. The summed E-state index contributed by atoms with van der Waals surface area (Å²) in [5, 5.41) is 6.29. The van der Waals surface area contributed by atoms with Gasteiger partial charge in [0.25, 0.3) is 0 Å². The van der Waals surface area contributed by atoms with Crippen LogP contribution in [0, 0.1) is 6.92 Å². The van der Waals surface area contributed by atoms with E-state index in [2.05, 4.69) is 22.8 Å². The Labute approximate surface area is 115 Å². The molecule has 19 heavy (non-hydrogen) atoms. The number of rotatable bonds is 5. The van der Waals surface area contributed by atoms with Crippen molar-refractivity contribution in [3.63, 3.8) is 0 Å². The lowest BCUT2D eigenvalue weighted by Crippen LogP contribution is -2.27. The molecule has 0 unspecified atom stereocenters. The molecule has 1 aliphatic rings. The van der Waals surface area contributed by atoms with Gasteiger partial charge in [0.05, 0.1) is 6.42 Å². The second-order valence-electron chi connectivity index (χ2n) is 5.08. The smallest absolute Gasteiger partial charge is 0.224 e. The van der Waals surface area contributed by atoms with Crippen molar-refractivity contribution >= 4 is 5.91 Å². The number of carbonyl (C=O) groups is 1. The van der Waals surface area contributed by atoms with Gasteiger partial charge in [-0.1, -0.05) is 41.5 Å². The van der Waals surface area contributed by atoms with Gasteiger partial charge < -0.3 is 10.6 Å². The van der Waals surface area contributed by atoms with Crippen molar-refractivity contribution in [2.75, 3.05) is 19.6 Å². The van der Waals surface area contributed by atoms with Crippen LogP contribution in [0.25, 0.3) is 0 Å². The average molecular weight is 258 g/mol. The lowest BCUT2D eigenvalue weighted by Gasteiger charge is -2.14. The Morgan fingerprint density at radius 3 is 3.05 bits per heavy atom. The van der Waals surface area contributed by atoms with E-state index < -0.39 is 0 Å². The number of aryl methyl sites for hydroxylation is 1. The van der Waals surface area contributed by atoms with E-state index in [9.17, 15) is 4.79 Å². The minimum absolute atomic E-state index is 0.111. The predicted octanol–water partition coefficient (Wildman–Crippen LogP) is 1.96. The van der Waals surface area contributed by atoms with E-state index in [0.717, 1.165) is 38.0 Å². The summed E-state index contributed by atoms with van der Waals surface area (Å²) in [7, 11) is 0. The van der Waals surface area contributed by atoms with Crippen LogP contribution in [0.15, 0.2) is 35.9 Å². The van der Waals surface area contributed by atoms with Crippen LogP contribution in [0.3, 0.4) is 0 Å². The van der Waals surface area contributed by atoms with Crippen LogP contribution in [0.5, 0.6) is 0 Å². The molecule has 0 aromatic heterocycles. The summed E-state index contributed by atoms with van der Waals surface area (Å²) in [5.74, 6) is 0.111. The second-order valence-corrected chi connectivity index (χ2v) is 5.08. The molecule has 2 rings (SSSR count). The van der Waals surface area contributed by atoms with E-state index in [1.807, 2.05) is 25.1 Å². The Hall–Kier alpha value is -1.61. The molecule has 1 amide bonds. The average Bonchev–Trinajstić information content (AvgIpc) is 2.40. The molecule has 0 spiro atoms. The van der Waals surface area contributed by atoms with E-state index in [-0.39, 0.29) is 5.91 Å². The summed E-state index contributed by atoms with van der Waals surface area (Å²) < 4.78 is 0. The van der Waals surface area contributed by atoms with Gasteiger partial charge in [-0.15, -0.1) is 0 Å². The number of hydrogen-bond acceptors (Lipinski definition) is 2. The minimum Gasteiger partial charge on any atom is -0.355 e. The molecule has 2 N–H and O–H groups in total. The van der Waals surface area contributed by atoms with Crippen LogP contribution in [0.2, 0.25) is 0 Å². The lowest BCUT2D eigenvalue weighted by molar-refractivity contribution is -0.120. The van der Waals surface area contributed by atoms with Crippen LogP contribution in [-0.2, 0) is 11.2 Å². The molecular weight excluding hydrogens is 236 g/mol. The molecule has 3 heteroatoms. The first-order valence-corrected chi connectivity index (χ1v) is 6.95. The largest absolute Gasteiger partial charge is 0.355 e. The van der Waals surface area contributed by atoms with Crippen LogP contribution >= 0.6 is 0 Å². The Morgan fingerprint density at radius 2 is 2.32 bits per heavy atom. The first-order valence-electron chi connectivity index (χ1n) is 6.95. The van der Waals surface area contributed by atoms with Crippen molar-refractivity contribution in [1.29, 1.82) is 0 Å². The second kappa shape index (κ2) is 7.10. The lowest BCUT2D eigenvalue weighted by atomic mass is 10.1. The predicted molar refractivity (Wildman–Crippen MR) is 78.1 cm³/mol. The molecule has 0 saturated heterocycles. The van der Waals surface area contributed by atoms with Crippen molar-refractivity contribution in [2.45, 2.75) is 26.2 Å². The van der Waals surface area contributed by atoms with Crippen molar-refractivity contribution < 1.29 is 4.79 Å². The zero-order valence-corrected chi connectivity index (χ0v) is 11.5. The first kappa shape index (κ1) is 13.8. The van der Waals surface area contributed by atoms with E-state index in [1.54, 1.807) is 0 Å². The molecule has 0 fully saturated rings. The van der Waals surface area contributed by atoms with E-state index in [0.29, 0.717) is 6.42 Å². The van der Waals surface area contributed by atoms with Gasteiger partial charge in [0.1, 0.15) is 0 Å². The third-order valence-electron chi connectivity index (χ3n) is 3.37. The number of amides is 1. The Kier molecular flexibility index (Phi) is 5.16. The topological polar surface area (TPSA) is 41.1 Å². The van der Waals surface area contributed by atoms with Crippen LogP contribution in [0.4, 0.5) is 0 Å². The normalized spacial score (nSPS) is 14.9. The molecule has 0 atom stereocenters. The molecular formula is C16H22N2O. The van der Waals surface area contributed by atoms with Crippen molar-refractivity contribution in [3.8, 4) is 0 Å². The van der Waals surface area contributed by atoms with Gasteiger partial charge in [-0.2, -0.15) is 0 Å². The SMILES string of the molecule is Cc1cccc(CC(=O)NCCC2=CCNCC2)c1. The van der Waals surface area contributed by atoms with Gasteiger partial charge in [0.15, 0.2) is 0 Å². The number of nitrogens with one attached hydrogen (secondary N) is 2. The summed E-state index contributed by atoms with van der Waals surface area (Å²) in [6, 6.07) is 8.11. The van der Waals surface area contributed by atoms with Gasteiger partial charge in [-0.25, -0.2) is 0 Å². The van der Waals surface area contributed by atoms with Gasteiger partial charge in [-0.05, 0) is 31.9 Å². The maximum Gasteiger partial charge on any atom is 0.224 e. The van der Waals surface area contributed by atoms with Gasteiger partial charge in [0, 0.05) is 13.1 Å². The summed E-state index contributed by atoms with van der Waals surface area (Å²) in [6.07, 6.45) is 4.79. The summed E-state index contributed by atoms with van der Waals surface area (Å²) in [5.41, 5.74) is 3.73. The Bertz CT molecular complexity index is 466. The van der Waals surface area contributed by atoms with Gasteiger partial charge in [-0.3, -0.25) is 4.79 Å². The van der Waals surface area contributed by atoms with Crippen LogP contribution in [0.1, 0.15) is 24.0 Å². The summed E-state index contributed by atoms with van der Waals surface area (Å²) in [6.45, 7) is 4.82. The summed E-state index contributed by atoms with van der Waals surface area (Å²) in [4.78, 5) is 11.8. The van der Waals surface area contributed by atoms with E-state index >= 15 is 0 Å². The zero-order chi connectivity index (χ0) is 13.5. The number of carbonyl (C=O) groups excluding carboxylic acids is 1. The molecule has 0 radical (unpaired) electrons. The van der Waals surface area contributed by atoms with E-state index in [1.165, 1.54) is 11.1 Å². The standard InChI is InChI=1S/C16H22N2O/c1-13-3-2-4-15(11-13)12-16(19)18-10-7-14-5-8-17-9-6-14/h2-5,11,17H,6-10,12H2,1H3,(H,18,19). The number of hydrogen-bond donors (Lipinski definition) is 2. The monoisotopic (exact) mass is 258 g/mol. The molecule has 3 nitrogen and oxygen atoms in total. The maximum absolute atomic E-state index is 11.8. The highest BCUT2D eigenvalue weighted by Gasteiger charge is 2.05. The van der Waals surface area contributed by atoms with E-state index in [4.69, 9.17) is 0 Å². The van der Waals surface area contributed by atoms with Crippen molar-refractivity contribution in [1.82, 2.24) is 10.6 Å². The third kappa shape index (κ3) is 4.87. The molecule has 102 valence electrons. The molecule has 0 saturated carbocycles. The zero-order valence-electron chi connectivity index (χ0n) is 11.5.